The van der Waals surface area contributed by atoms with E-state index in [4.69, 9.17) is 18.0 Å². The van der Waals surface area contributed by atoms with Gasteiger partial charge in [0.2, 0.25) is 10.0 Å². The maximum atomic E-state index is 14.0. The number of nitrogens with two attached hydrogens (primary N) is 1. The molecule has 1 heterocycles. The van der Waals surface area contributed by atoms with Gasteiger partial charge in [0, 0.05) is 31.7 Å². The van der Waals surface area contributed by atoms with Crippen molar-refractivity contribution in [3.05, 3.63) is 29.6 Å². The Bertz CT molecular complexity index is 626. The minimum absolute atomic E-state index is 0.150. The summed E-state index contributed by atoms with van der Waals surface area (Å²) < 4.78 is 38.3. The zero-order valence-corrected chi connectivity index (χ0v) is 12.7. The van der Waals surface area contributed by atoms with E-state index in [1.165, 1.54) is 16.6 Å². The van der Waals surface area contributed by atoms with Crippen molar-refractivity contribution < 1.29 is 12.8 Å². The number of anilines is 1. The number of rotatable bonds is 3. The summed E-state index contributed by atoms with van der Waals surface area (Å²) in [6.07, 6.45) is 1.18. The van der Waals surface area contributed by atoms with Crippen LogP contribution in [0.1, 0.15) is 5.56 Å². The fraction of sp³-hybridized carbons (Fsp3) is 0.417. The van der Waals surface area contributed by atoms with Gasteiger partial charge in [-0.1, -0.05) is 12.2 Å². The van der Waals surface area contributed by atoms with Crippen molar-refractivity contribution in [1.29, 1.82) is 0 Å². The molecule has 0 bridgehead atoms. The first kappa shape index (κ1) is 15.1. The van der Waals surface area contributed by atoms with Crippen molar-refractivity contribution >= 4 is 32.9 Å². The Kier molecular flexibility index (Phi) is 4.26. The molecule has 0 amide bonds. The number of nitrogens with zero attached hydrogens (tertiary/aromatic N) is 2. The Morgan fingerprint density at radius 3 is 2.35 bits per heavy atom. The molecule has 1 aliphatic heterocycles. The number of thiocarbonyl (C=S) groups is 1. The molecule has 2 N–H and O–H groups in total. The summed E-state index contributed by atoms with van der Waals surface area (Å²) in [7, 11) is -3.18. The maximum absolute atomic E-state index is 14.0. The highest BCUT2D eigenvalue weighted by Crippen LogP contribution is 2.22. The Morgan fingerprint density at radius 2 is 1.90 bits per heavy atom. The molecular formula is C12H16FN3O2S2. The summed E-state index contributed by atoms with van der Waals surface area (Å²) in [4.78, 5) is 1.97. The lowest BCUT2D eigenvalue weighted by Gasteiger charge is -2.34. The molecule has 8 heteroatoms. The highest BCUT2D eigenvalue weighted by Gasteiger charge is 2.24. The Hall–Kier alpha value is -1.25. The van der Waals surface area contributed by atoms with Gasteiger partial charge in [-0.05, 0) is 18.2 Å². The highest BCUT2D eigenvalue weighted by molar-refractivity contribution is 7.88. The van der Waals surface area contributed by atoms with Gasteiger partial charge in [-0.25, -0.2) is 12.8 Å². The van der Waals surface area contributed by atoms with Gasteiger partial charge in [0.25, 0.3) is 0 Å². The molecule has 0 saturated carbocycles. The molecule has 0 aliphatic carbocycles. The van der Waals surface area contributed by atoms with Gasteiger partial charge in [-0.15, -0.1) is 0 Å². The van der Waals surface area contributed by atoms with Crippen LogP contribution in [0, 0.1) is 5.82 Å². The van der Waals surface area contributed by atoms with E-state index in [0.29, 0.717) is 37.4 Å². The van der Waals surface area contributed by atoms with Crippen molar-refractivity contribution in [2.24, 2.45) is 5.73 Å². The fourth-order valence-electron chi connectivity index (χ4n) is 2.18. The molecule has 1 fully saturated rings. The average molecular weight is 317 g/mol. The normalized spacial score (nSPS) is 17.2. The average Bonchev–Trinajstić information content (AvgIpc) is 2.37. The van der Waals surface area contributed by atoms with E-state index in [9.17, 15) is 12.8 Å². The molecule has 1 aliphatic rings. The Labute approximate surface area is 123 Å². The van der Waals surface area contributed by atoms with Gasteiger partial charge in [0.1, 0.15) is 10.8 Å². The van der Waals surface area contributed by atoms with Crippen molar-refractivity contribution in [2.45, 2.75) is 0 Å². The molecule has 1 aromatic carbocycles. The van der Waals surface area contributed by atoms with Gasteiger partial charge < -0.3 is 10.6 Å². The quantitative estimate of drug-likeness (QED) is 0.824. The predicted octanol–water partition coefficient (Wildman–Crippen LogP) is 0.542. The standard InChI is InChI=1S/C12H16FN3O2S2/c1-20(17,18)16-6-4-15(5-7-16)11-3-2-9(12(14)19)8-10(11)13/h2-3,8H,4-7H2,1H3,(H2,14,19). The minimum atomic E-state index is -3.18. The molecule has 110 valence electrons. The largest absolute Gasteiger partial charge is 0.389 e. The third-order valence-electron chi connectivity index (χ3n) is 3.28. The lowest BCUT2D eigenvalue weighted by molar-refractivity contribution is 0.386. The first-order valence-electron chi connectivity index (χ1n) is 6.08. The van der Waals surface area contributed by atoms with Crippen molar-refractivity contribution in [2.75, 3.05) is 37.3 Å². The van der Waals surface area contributed by atoms with E-state index in [0.717, 1.165) is 0 Å². The lowest BCUT2D eigenvalue weighted by Crippen LogP contribution is -2.48. The van der Waals surface area contributed by atoms with Crippen LogP contribution in [-0.2, 0) is 10.0 Å². The summed E-state index contributed by atoms with van der Waals surface area (Å²) in [5.41, 5.74) is 6.38. The number of halogens is 1. The molecule has 20 heavy (non-hydrogen) atoms. The van der Waals surface area contributed by atoms with Gasteiger partial charge in [-0.2, -0.15) is 4.31 Å². The summed E-state index contributed by atoms with van der Waals surface area (Å²) >= 11 is 4.80. The molecule has 0 aromatic heterocycles. The van der Waals surface area contributed by atoms with Crippen molar-refractivity contribution in [3.63, 3.8) is 0 Å². The highest BCUT2D eigenvalue weighted by atomic mass is 32.2. The maximum Gasteiger partial charge on any atom is 0.211 e. The van der Waals surface area contributed by atoms with Crippen LogP contribution in [-0.4, -0.2) is 50.1 Å². The molecule has 1 saturated heterocycles. The van der Waals surface area contributed by atoms with Crippen LogP contribution in [0.2, 0.25) is 0 Å². The molecular weight excluding hydrogens is 301 g/mol. The lowest BCUT2D eigenvalue weighted by atomic mass is 10.1. The van der Waals surface area contributed by atoms with Crippen LogP contribution in [0.5, 0.6) is 0 Å². The fourth-order valence-corrected chi connectivity index (χ4v) is 3.13. The summed E-state index contributed by atoms with van der Waals surface area (Å²) in [6.45, 7) is 1.62. The molecule has 0 radical (unpaired) electrons. The van der Waals surface area contributed by atoms with Crippen LogP contribution >= 0.6 is 12.2 Å². The third kappa shape index (κ3) is 3.25. The minimum Gasteiger partial charge on any atom is -0.389 e. The van der Waals surface area contributed by atoms with E-state index >= 15 is 0 Å². The molecule has 0 atom stereocenters. The second-order valence-electron chi connectivity index (χ2n) is 4.68. The second kappa shape index (κ2) is 5.63. The van der Waals surface area contributed by atoms with Gasteiger partial charge in [-0.3, -0.25) is 0 Å². The van der Waals surface area contributed by atoms with Crippen LogP contribution in [0.25, 0.3) is 0 Å². The molecule has 2 rings (SSSR count). The zero-order valence-electron chi connectivity index (χ0n) is 11.0. The number of hydrogen-bond donors (Lipinski definition) is 1. The van der Waals surface area contributed by atoms with E-state index in [2.05, 4.69) is 0 Å². The topological polar surface area (TPSA) is 66.6 Å². The molecule has 1 aromatic rings. The van der Waals surface area contributed by atoms with Crippen LogP contribution in [0.4, 0.5) is 10.1 Å². The molecule has 0 unspecified atom stereocenters. The monoisotopic (exact) mass is 317 g/mol. The van der Waals surface area contributed by atoms with E-state index in [1.54, 1.807) is 12.1 Å². The van der Waals surface area contributed by atoms with E-state index in [-0.39, 0.29) is 4.99 Å². The van der Waals surface area contributed by atoms with Crippen molar-refractivity contribution in [1.82, 2.24) is 4.31 Å². The van der Waals surface area contributed by atoms with Crippen LogP contribution in [0.15, 0.2) is 18.2 Å². The summed E-state index contributed by atoms with van der Waals surface area (Å²) in [5, 5.41) is 0. The van der Waals surface area contributed by atoms with Crippen LogP contribution in [0.3, 0.4) is 0 Å². The first-order valence-corrected chi connectivity index (χ1v) is 8.34. The number of hydrogen-bond acceptors (Lipinski definition) is 4. The van der Waals surface area contributed by atoms with Gasteiger partial charge in [0.05, 0.1) is 11.9 Å². The smallest absolute Gasteiger partial charge is 0.211 e. The predicted molar refractivity (Wildman–Crippen MR) is 80.9 cm³/mol. The third-order valence-corrected chi connectivity index (χ3v) is 4.82. The Morgan fingerprint density at radius 1 is 1.30 bits per heavy atom. The molecule has 0 spiro atoms. The van der Waals surface area contributed by atoms with Crippen LogP contribution < -0.4 is 10.6 Å². The number of piperazine rings is 1. The summed E-state index contributed by atoms with van der Waals surface area (Å²) in [5.74, 6) is -0.400. The number of sulfonamides is 1. The van der Waals surface area contributed by atoms with E-state index < -0.39 is 15.8 Å². The first-order chi connectivity index (χ1) is 9.29. The molecule has 5 nitrogen and oxygen atoms in total. The van der Waals surface area contributed by atoms with Gasteiger partial charge >= 0.3 is 0 Å². The number of benzene rings is 1. The summed E-state index contributed by atoms with van der Waals surface area (Å²) in [6, 6.07) is 4.60. The Balaban J connectivity index is 2.13. The zero-order chi connectivity index (χ0) is 14.9. The van der Waals surface area contributed by atoms with E-state index in [1.807, 2.05) is 4.90 Å². The van der Waals surface area contributed by atoms with Crippen molar-refractivity contribution in [3.8, 4) is 0 Å². The SMILES string of the molecule is CS(=O)(=O)N1CCN(c2ccc(C(N)=S)cc2F)CC1. The van der Waals surface area contributed by atoms with Gasteiger partial charge in [0.15, 0.2) is 0 Å². The second-order valence-corrected chi connectivity index (χ2v) is 7.10.